The van der Waals surface area contributed by atoms with E-state index in [1.165, 1.54) is 0 Å². The van der Waals surface area contributed by atoms with Gasteiger partial charge in [0, 0.05) is 6.42 Å². The number of aryl methyl sites for hydroxylation is 1. The highest BCUT2D eigenvalue weighted by atomic mass is 32.2. The average molecular weight is 305 g/mol. The van der Waals surface area contributed by atoms with Crippen LogP contribution in [-0.2, 0) is 11.2 Å². The number of hydrogen-bond acceptors (Lipinski definition) is 5. The molecule has 0 amide bonds. The first-order valence-electron chi connectivity index (χ1n) is 6.30. The van der Waals surface area contributed by atoms with Crippen molar-refractivity contribution in [1.29, 1.82) is 0 Å². The van der Waals surface area contributed by atoms with Crippen molar-refractivity contribution in [2.45, 2.75) is 18.5 Å². The second-order valence-corrected chi connectivity index (χ2v) is 5.12. The van der Waals surface area contributed by atoms with E-state index >= 15 is 0 Å². The van der Waals surface area contributed by atoms with E-state index in [0.717, 1.165) is 29.6 Å². The van der Waals surface area contributed by atoms with Crippen molar-refractivity contribution in [2.75, 3.05) is 7.11 Å². The third-order valence-corrected chi connectivity index (χ3v) is 3.53. The number of nitrogens with zero attached hydrogens (tertiary/aromatic N) is 2. The highest BCUT2D eigenvalue weighted by Gasteiger charge is 2.13. The molecule has 0 saturated carbocycles. The molecule has 0 bridgehead atoms. The van der Waals surface area contributed by atoms with Gasteiger partial charge in [-0.25, -0.2) is 9.78 Å². The van der Waals surface area contributed by atoms with Crippen LogP contribution in [0.4, 0.5) is 0 Å². The minimum Gasteiger partial charge on any atom is -0.497 e. The minimum atomic E-state index is -1.02. The fourth-order valence-corrected chi connectivity index (χ4v) is 2.32. The quantitative estimate of drug-likeness (QED) is 0.630. The van der Waals surface area contributed by atoms with Gasteiger partial charge in [-0.15, -0.1) is 5.10 Å². The van der Waals surface area contributed by atoms with Crippen molar-refractivity contribution in [1.82, 2.24) is 15.2 Å². The van der Waals surface area contributed by atoms with Crippen LogP contribution >= 0.6 is 11.8 Å². The Morgan fingerprint density at radius 1 is 1.52 bits per heavy atom. The molecule has 0 unspecified atom stereocenters. The lowest BCUT2D eigenvalue weighted by atomic mass is 10.2. The lowest BCUT2D eigenvalue weighted by Crippen LogP contribution is -1.97. The second-order valence-electron chi connectivity index (χ2n) is 4.11. The van der Waals surface area contributed by atoms with Crippen LogP contribution in [0.2, 0.25) is 0 Å². The summed E-state index contributed by atoms with van der Waals surface area (Å²) in [7, 11) is 1.57. The van der Waals surface area contributed by atoms with Gasteiger partial charge >= 0.3 is 5.97 Å². The Kier molecular flexibility index (Phi) is 4.99. The average Bonchev–Trinajstić information content (AvgIpc) is 2.94. The van der Waals surface area contributed by atoms with E-state index in [4.69, 9.17) is 4.74 Å². The maximum atomic E-state index is 11.4. The second kappa shape index (κ2) is 6.94. The number of hydrogen-bond donors (Lipinski definition) is 2. The Hall–Kier alpha value is -2.28. The summed E-state index contributed by atoms with van der Waals surface area (Å²) in [5.41, 5.74) is 0.741. The molecule has 1 aromatic heterocycles. The molecule has 0 fully saturated rings. The molecule has 2 rings (SSSR count). The van der Waals surface area contributed by atoms with Gasteiger partial charge < -0.3 is 9.84 Å². The molecule has 110 valence electrons. The molecule has 0 saturated heterocycles. The smallest absolute Gasteiger partial charge is 0.342 e. The normalized spacial score (nSPS) is 11.4. The molecule has 0 spiro atoms. The maximum Gasteiger partial charge on any atom is 0.342 e. The number of H-pyrrole nitrogens is 1. The Morgan fingerprint density at radius 2 is 2.33 bits per heavy atom. The summed E-state index contributed by atoms with van der Waals surface area (Å²) in [6, 6.07) is 7.17. The highest BCUT2D eigenvalue weighted by Crippen LogP contribution is 2.26. The maximum absolute atomic E-state index is 11.4. The van der Waals surface area contributed by atoms with Gasteiger partial charge in [0.1, 0.15) is 16.5 Å². The van der Waals surface area contributed by atoms with E-state index < -0.39 is 5.97 Å². The minimum absolute atomic E-state index is 0.143. The van der Waals surface area contributed by atoms with Gasteiger partial charge in [-0.2, -0.15) is 0 Å². The topological polar surface area (TPSA) is 88.1 Å². The van der Waals surface area contributed by atoms with Gasteiger partial charge in [-0.05, 0) is 35.5 Å². The number of aliphatic carboxylic acids is 1. The number of carbonyl (C=O) groups is 1. The summed E-state index contributed by atoms with van der Waals surface area (Å²) in [4.78, 5) is 15.7. The largest absolute Gasteiger partial charge is 0.497 e. The zero-order chi connectivity index (χ0) is 15.2. The number of benzene rings is 1. The van der Waals surface area contributed by atoms with Crippen LogP contribution in [0.1, 0.15) is 18.3 Å². The lowest BCUT2D eigenvalue weighted by Gasteiger charge is -2.02. The van der Waals surface area contributed by atoms with Gasteiger partial charge in [0.25, 0.3) is 0 Å². The van der Waals surface area contributed by atoms with E-state index in [1.807, 2.05) is 13.0 Å². The van der Waals surface area contributed by atoms with E-state index in [0.29, 0.717) is 10.9 Å². The Bertz CT molecular complexity index is 667. The number of methoxy groups -OCH3 is 1. The van der Waals surface area contributed by atoms with Crippen molar-refractivity contribution < 1.29 is 14.6 Å². The molecule has 1 aromatic carbocycles. The zero-order valence-corrected chi connectivity index (χ0v) is 12.5. The third-order valence-electron chi connectivity index (χ3n) is 2.65. The third kappa shape index (κ3) is 4.09. The molecular weight excluding hydrogens is 290 g/mol. The Morgan fingerprint density at radius 3 is 2.95 bits per heavy atom. The molecule has 7 heteroatoms. The number of carboxylic acid groups (broad SMARTS) is 1. The van der Waals surface area contributed by atoms with Crippen molar-refractivity contribution in [3.05, 3.63) is 40.6 Å². The fraction of sp³-hybridized carbons (Fsp3) is 0.214. The molecule has 0 radical (unpaired) electrons. The number of ether oxygens (including phenoxy) is 1. The van der Waals surface area contributed by atoms with E-state index in [-0.39, 0.29) is 4.91 Å². The summed E-state index contributed by atoms with van der Waals surface area (Å²) in [6.45, 7) is 1.94. The predicted octanol–water partition coefficient (Wildman–Crippen LogP) is 2.59. The standard InChI is InChI=1S/C14H15N3O3S/c1-3-12-15-14(17-16-12)21-11(13(18)19)8-9-5-4-6-10(7-9)20-2/h4-8H,3H2,1-2H3,(H,18,19)(H,15,16,17)/b11-8-. The summed E-state index contributed by atoms with van der Waals surface area (Å²) < 4.78 is 5.12. The molecule has 0 aliphatic carbocycles. The molecule has 0 atom stereocenters. The predicted molar refractivity (Wildman–Crippen MR) is 80.2 cm³/mol. The van der Waals surface area contributed by atoms with Gasteiger partial charge in [0.05, 0.1) is 7.11 Å². The number of rotatable bonds is 6. The SMILES string of the molecule is CCc1nc(S/C(=C\c2cccc(OC)c2)C(=O)O)n[nH]1. The molecular formula is C14H15N3O3S. The van der Waals surface area contributed by atoms with Crippen LogP contribution in [0.15, 0.2) is 34.3 Å². The van der Waals surface area contributed by atoms with Crippen molar-refractivity contribution in [3.63, 3.8) is 0 Å². The summed E-state index contributed by atoms with van der Waals surface area (Å²) in [5, 5.41) is 16.4. The number of carboxylic acids is 1. The molecule has 2 N–H and O–H groups in total. The van der Waals surface area contributed by atoms with Crippen molar-refractivity contribution in [2.24, 2.45) is 0 Å². The summed E-state index contributed by atoms with van der Waals surface area (Å²) in [5.74, 6) is 0.374. The fourth-order valence-electron chi connectivity index (χ4n) is 1.60. The highest BCUT2D eigenvalue weighted by molar-refractivity contribution is 8.04. The number of thioether (sulfide) groups is 1. The molecule has 0 aliphatic rings. The zero-order valence-electron chi connectivity index (χ0n) is 11.7. The van der Waals surface area contributed by atoms with Crippen LogP contribution in [0, 0.1) is 0 Å². The first kappa shape index (κ1) is 15.1. The van der Waals surface area contributed by atoms with Crippen molar-refractivity contribution >= 4 is 23.8 Å². The molecule has 1 heterocycles. The molecule has 0 aliphatic heterocycles. The van der Waals surface area contributed by atoms with Crippen LogP contribution in [-0.4, -0.2) is 33.4 Å². The molecule has 21 heavy (non-hydrogen) atoms. The Balaban J connectivity index is 2.25. The van der Waals surface area contributed by atoms with Crippen LogP contribution in [0.25, 0.3) is 6.08 Å². The van der Waals surface area contributed by atoms with E-state index in [2.05, 4.69) is 15.2 Å². The van der Waals surface area contributed by atoms with Gasteiger partial charge in [-0.3, -0.25) is 5.10 Å². The van der Waals surface area contributed by atoms with Crippen LogP contribution in [0.3, 0.4) is 0 Å². The van der Waals surface area contributed by atoms with E-state index in [9.17, 15) is 9.90 Å². The first-order chi connectivity index (χ1) is 10.1. The number of aromatic amines is 1. The van der Waals surface area contributed by atoms with Crippen LogP contribution in [0.5, 0.6) is 5.75 Å². The number of aromatic nitrogens is 3. The summed E-state index contributed by atoms with van der Waals surface area (Å²) >= 11 is 1.01. The molecule has 2 aromatic rings. The van der Waals surface area contributed by atoms with Gasteiger partial charge in [0.2, 0.25) is 5.16 Å². The van der Waals surface area contributed by atoms with E-state index in [1.54, 1.807) is 31.4 Å². The first-order valence-corrected chi connectivity index (χ1v) is 7.12. The van der Waals surface area contributed by atoms with Gasteiger partial charge in [0.15, 0.2) is 0 Å². The monoisotopic (exact) mass is 305 g/mol. The molecule has 6 nitrogen and oxygen atoms in total. The Labute approximate surface area is 126 Å². The number of nitrogens with one attached hydrogen (secondary N) is 1. The summed E-state index contributed by atoms with van der Waals surface area (Å²) in [6.07, 6.45) is 2.28. The van der Waals surface area contributed by atoms with Gasteiger partial charge in [-0.1, -0.05) is 19.1 Å². The van der Waals surface area contributed by atoms with Crippen LogP contribution < -0.4 is 4.74 Å². The van der Waals surface area contributed by atoms with Crippen molar-refractivity contribution in [3.8, 4) is 5.75 Å². The lowest BCUT2D eigenvalue weighted by molar-refractivity contribution is -0.131.